The number of phenols is 2. The molecule has 0 heterocycles. The Morgan fingerprint density at radius 3 is 1.91 bits per heavy atom. The fraction of sp³-hybridized carbons (Fsp3) is 0.750. The molecule has 34 heavy (non-hydrogen) atoms. The van der Waals surface area contributed by atoms with Gasteiger partial charge in [-0.15, -0.1) is 0 Å². The van der Waals surface area contributed by atoms with Gasteiger partial charge in [0.05, 0.1) is 18.3 Å². The van der Waals surface area contributed by atoms with E-state index in [4.69, 9.17) is 0 Å². The summed E-state index contributed by atoms with van der Waals surface area (Å²) in [4.78, 5) is 11.8. The number of aliphatic hydroxyl groups excluding tert-OH is 3. The van der Waals surface area contributed by atoms with Crippen LogP contribution in [-0.2, 0) is 4.79 Å². The monoisotopic (exact) mass is 480 g/mol. The molecule has 0 unspecified atom stereocenters. The van der Waals surface area contributed by atoms with E-state index in [1.54, 1.807) is 0 Å². The predicted molar refractivity (Wildman–Crippen MR) is 136 cm³/mol. The molecule has 196 valence electrons. The second-order valence-electron chi connectivity index (χ2n) is 11.0. The van der Waals surface area contributed by atoms with Crippen LogP contribution < -0.4 is 0 Å². The highest BCUT2D eigenvalue weighted by atomic mass is 16.3. The SMILES string of the molecule is CCC(=O)[C@@H](C)C[C@@H](C)C[C@@H](C)CC[C@H](O)C[C@H](O)[C@H](CC(C)C)[C@H](O)c1cc(O)cc(O)c1. The molecule has 0 fully saturated rings. The topological polar surface area (TPSA) is 118 Å². The van der Waals surface area contributed by atoms with Crippen LogP contribution in [0.25, 0.3) is 0 Å². The van der Waals surface area contributed by atoms with Gasteiger partial charge in [0.2, 0.25) is 0 Å². The van der Waals surface area contributed by atoms with Gasteiger partial charge < -0.3 is 25.5 Å². The summed E-state index contributed by atoms with van der Waals surface area (Å²) in [6.07, 6.45) is 1.85. The molecule has 0 radical (unpaired) electrons. The Kier molecular flexibility index (Phi) is 13.1. The van der Waals surface area contributed by atoms with E-state index in [2.05, 4.69) is 13.8 Å². The molecule has 7 atom stereocenters. The van der Waals surface area contributed by atoms with Crippen molar-refractivity contribution in [2.24, 2.45) is 29.6 Å². The predicted octanol–water partition coefficient (Wildman–Crippen LogP) is 5.35. The maximum absolute atomic E-state index is 11.8. The number of hydrogen-bond acceptors (Lipinski definition) is 6. The number of carbonyl (C=O) groups excluding carboxylic acids is 1. The lowest BCUT2D eigenvalue weighted by atomic mass is 9.81. The van der Waals surface area contributed by atoms with Crippen molar-refractivity contribution in [1.82, 2.24) is 0 Å². The molecule has 1 aromatic rings. The second-order valence-corrected chi connectivity index (χ2v) is 11.0. The zero-order valence-electron chi connectivity index (χ0n) is 21.9. The van der Waals surface area contributed by atoms with Crippen LogP contribution in [0.3, 0.4) is 0 Å². The maximum Gasteiger partial charge on any atom is 0.135 e. The lowest BCUT2D eigenvalue weighted by Crippen LogP contribution is -2.31. The van der Waals surface area contributed by atoms with E-state index in [0.717, 1.165) is 19.3 Å². The summed E-state index contributed by atoms with van der Waals surface area (Å²) < 4.78 is 0. The zero-order chi connectivity index (χ0) is 26.0. The Balaban J connectivity index is 2.64. The Bertz CT molecular complexity index is 713. The molecule has 1 aromatic carbocycles. The van der Waals surface area contributed by atoms with Crippen LogP contribution in [0.1, 0.15) is 98.2 Å². The van der Waals surface area contributed by atoms with E-state index < -0.39 is 24.2 Å². The average molecular weight is 481 g/mol. The molecule has 6 nitrogen and oxygen atoms in total. The number of ketones is 1. The van der Waals surface area contributed by atoms with Gasteiger partial charge in [0, 0.05) is 24.3 Å². The highest BCUT2D eigenvalue weighted by Crippen LogP contribution is 2.35. The van der Waals surface area contributed by atoms with Crippen LogP contribution in [-0.4, -0.2) is 43.5 Å². The van der Waals surface area contributed by atoms with Crippen LogP contribution in [0.4, 0.5) is 0 Å². The minimum absolute atomic E-state index is 0.0886. The summed E-state index contributed by atoms with van der Waals surface area (Å²) in [5.74, 6) is 0.609. The van der Waals surface area contributed by atoms with Crippen LogP contribution >= 0.6 is 0 Å². The molecule has 5 N–H and O–H groups in total. The minimum Gasteiger partial charge on any atom is -0.508 e. The van der Waals surface area contributed by atoms with Crippen molar-refractivity contribution >= 4 is 5.78 Å². The van der Waals surface area contributed by atoms with Crippen LogP contribution in [0.15, 0.2) is 18.2 Å². The highest BCUT2D eigenvalue weighted by molar-refractivity contribution is 5.80. The average Bonchev–Trinajstić information content (AvgIpc) is 2.73. The fourth-order valence-corrected chi connectivity index (χ4v) is 5.11. The van der Waals surface area contributed by atoms with Gasteiger partial charge in [0.1, 0.15) is 17.3 Å². The fourth-order valence-electron chi connectivity index (χ4n) is 5.11. The molecule has 0 aliphatic rings. The number of carbonyl (C=O) groups is 1. The summed E-state index contributed by atoms with van der Waals surface area (Å²) in [7, 11) is 0. The molecule has 0 saturated heterocycles. The van der Waals surface area contributed by atoms with Gasteiger partial charge in [-0.25, -0.2) is 0 Å². The minimum atomic E-state index is -1.07. The van der Waals surface area contributed by atoms with Crippen LogP contribution in [0.2, 0.25) is 0 Å². The van der Waals surface area contributed by atoms with Gasteiger partial charge in [0.25, 0.3) is 0 Å². The molecular weight excluding hydrogens is 432 g/mol. The van der Waals surface area contributed by atoms with Crippen molar-refractivity contribution in [1.29, 1.82) is 0 Å². The number of aliphatic hydroxyl groups is 3. The van der Waals surface area contributed by atoms with E-state index in [1.165, 1.54) is 18.2 Å². The third-order valence-corrected chi connectivity index (χ3v) is 6.87. The standard InChI is InChI=1S/C28H48O6/c1-7-26(32)20(6)12-19(5)11-18(4)8-9-22(29)16-27(33)25(10-17(2)3)28(34)21-13-23(30)15-24(31)14-21/h13-15,17-20,22,25,27-31,33-34H,7-12,16H2,1-6H3/t18-,19-,20-,22-,25-,27-,28+/m0/s1. The molecule has 0 amide bonds. The van der Waals surface area contributed by atoms with Crippen molar-refractivity contribution in [2.45, 2.75) is 105 Å². The molecule has 0 spiro atoms. The van der Waals surface area contributed by atoms with E-state index in [9.17, 15) is 30.3 Å². The molecular formula is C28H48O6. The number of rotatable bonds is 16. The number of benzene rings is 1. The van der Waals surface area contributed by atoms with E-state index >= 15 is 0 Å². The molecule has 0 aliphatic heterocycles. The molecule has 0 saturated carbocycles. The third kappa shape index (κ3) is 10.7. The van der Waals surface area contributed by atoms with Crippen molar-refractivity contribution < 1.29 is 30.3 Å². The summed E-state index contributed by atoms with van der Waals surface area (Å²) in [6.45, 7) is 12.2. The van der Waals surface area contributed by atoms with E-state index in [0.29, 0.717) is 42.4 Å². The normalized spacial score (nSPS) is 18.2. The molecule has 0 bridgehead atoms. The Labute approximate surface area is 206 Å². The van der Waals surface area contributed by atoms with E-state index in [1.807, 2.05) is 27.7 Å². The maximum atomic E-state index is 11.8. The Morgan fingerprint density at radius 1 is 0.794 bits per heavy atom. The van der Waals surface area contributed by atoms with Gasteiger partial charge in [-0.05, 0) is 74.0 Å². The highest BCUT2D eigenvalue weighted by Gasteiger charge is 2.31. The summed E-state index contributed by atoms with van der Waals surface area (Å²) in [6, 6.07) is 3.97. The van der Waals surface area contributed by atoms with Gasteiger partial charge in [-0.3, -0.25) is 4.79 Å². The van der Waals surface area contributed by atoms with Crippen molar-refractivity contribution in [2.75, 3.05) is 0 Å². The number of aromatic hydroxyl groups is 2. The lowest BCUT2D eigenvalue weighted by molar-refractivity contribution is -0.122. The van der Waals surface area contributed by atoms with Crippen molar-refractivity contribution in [3.63, 3.8) is 0 Å². The number of Topliss-reactive ketones (excluding diaryl/α,β-unsaturated/α-hetero) is 1. The van der Waals surface area contributed by atoms with Crippen molar-refractivity contribution in [3.05, 3.63) is 23.8 Å². The molecule has 0 aliphatic carbocycles. The first-order valence-electron chi connectivity index (χ1n) is 12.9. The third-order valence-electron chi connectivity index (χ3n) is 6.87. The summed E-state index contributed by atoms with van der Waals surface area (Å²) in [5.41, 5.74) is 0.343. The van der Waals surface area contributed by atoms with Crippen LogP contribution in [0, 0.1) is 29.6 Å². The van der Waals surface area contributed by atoms with Gasteiger partial charge >= 0.3 is 0 Å². The van der Waals surface area contributed by atoms with Gasteiger partial charge in [0.15, 0.2) is 0 Å². The van der Waals surface area contributed by atoms with Gasteiger partial charge in [-0.1, -0.05) is 41.5 Å². The molecule has 6 heteroatoms. The lowest BCUT2D eigenvalue weighted by Gasteiger charge is -2.31. The quantitative estimate of drug-likeness (QED) is 0.218. The van der Waals surface area contributed by atoms with Gasteiger partial charge in [-0.2, -0.15) is 0 Å². The zero-order valence-corrected chi connectivity index (χ0v) is 21.9. The first-order valence-corrected chi connectivity index (χ1v) is 12.9. The summed E-state index contributed by atoms with van der Waals surface area (Å²) >= 11 is 0. The molecule has 1 rings (SSSR count). The second kappa shape index (κ2) is 14.7. The number of hydrogen-bond donors (Lipinski definition) is 5. The smallest absolute Gasteiger partial charge is 0.135 e. The summed E-state index contributed by atoms with van der Waals surface area (Å²) in [5, 5.41) is 52.0. The first-order chi connectivity index (χ1) is 15.8. The Morgan fingerprint density at radius 2 is 1.38 bits per heavy atom. The van der Waals surface area contributed by atoms with Crippen LogP contribution in [0.5, 0.6) is 11.5 Å². The van der Waals surface area contributed by atoms with Crippen molar-refractivity contribution in [3.8, 4) is 11.5 Å². The Hall–Kier alpha value is -1.63. The number of phenolic OH excluding ortho intramolecular Hbond substituents is 2. The first kappa shape index (κ1) is 30.4. The molecule has 0 aromatic heterocycles. The largest absolute Gasteiger partial charge is 0.508 e. The van der Waals surface area contributed by atoms with E-state index in [-0.39, 0.29) is 29.8 Å².